The minimum absolute atomic E-state index is 0.0400. The molecule has 4 rings (SSSR count). The van der Waals surface area contributed by atoms with Crippen molar-refractivity contribution >= 4 is 40.1 Å². The summed E-state index contributed by atoms with van der Waals surface area (Å²) in [7, 11) is 0. The van der Waals surface area contributed by atoms with Gasteiger partial charge in [-0.05, 0) is 48.9 Å². The van der Waals surface area contributed by atoms with Gasteiger partial charge >= 0.3 is 5.97 Å². The summed E-state index contributed by atoms with van der Waals surface area (Å²) in [4.78, 5) is 17.9. The first-order valence-electron chi connectivity index (χ1n) is 9.05. The van der Waals surface area contributed by atoms with E-state index in [9.17, 15) is 4.79 Å². The van der Waals surface area contributed by atoms with E-state index in [1.807, 2.05) is 24.3 Å². The van der Waals surface area contributed by atoms with E-state index in [0.717, 1.165) is 41.4 Å². The summed E-state index contributed by atoms with van der Waals surface area (Å²) < 4.78 is 5.65. The highest BCUT2D eigenvalue weighted by atomic mass is 35.5. The van der Waals surface area contributed by atoms with E-state index >= 15 is 0 Å². The maximum atomic E-state index is 13.1. The molecule has 1 aromatic heterocycles. The Morgan fingerprint density at radius 1 is 1.15 bits per heavy atom. The number of hydrogen-bond acceptors (Lipinski definition) is 3. The van der Waals surface area contributed by atoms with Crippen LogP contribution in [-0.4, -0.2) is 11.0 Å². The van der Waals surface area contributed by atoms with Gasteiger partial charge in [-0.1, -0.05) is 54.4 Å². The number of carbonyl (C=O) groups excluding carboxylic acids is 1. The van der Waals surface area contributed by atoms with Crippen LogP contribution in [0, 0.1) is 5.92 Å². The van der Waals surface area contributed by atoms with Gasteiger partial charge in [-0.15, -0.1) is 0 Å². The number of ether oxygens (including phenoxy) is 1. The Morgan fingerprint density at radius 3 is 2.67 bits per heavy atom. The van der Waals surface area contributed by atoms with Gasteiger partial charge in [0.25, 0.3) is 0 Å². The molecule has 1 aliphatic rings. The first-order chi connectivity index (χ1) is 13.0. The van der Waals surface area contributed by atoms with E-state index in [1.54, 1.807) is 18.2 Å². The topological polar surface area (TPSA) is 39.2 Å². The molecule has 0 amide bonds. The van der Waals surface area contributed by atoms with E-state index in [1.165, 1.54) is 0 Å². The molecule has 0 aliphatic heterocycles. The monoisotopic (exact) mass is 399 g/mol. The fraction of sp³-hybridized carbons (Fsp3) is 0.273. The molecule has 5 heteroatoms. The molecule has 0 spiro atoms. The van der Waals surface area contributed by atoms with E-state index in [0.29, 0.717) is 27.1 Å². The van der Waals surface area contributed by atoms with Crippen molar-refractivity contribution in [2.75, 3.05) is 0 Å². The van der Waals surface area contributed by atoms with Crippen LogP contribution < -0.4 is 0 Å². The van der Waals surface area contributed by atoms with E-state index in [-0.39, 0.29) is 12.6 Å². The number of nitrogens with zero attached hydrogens (tertiary/aromatic N) is 1. The van der Waals surface area contributed by atoms with Gasteiger partial charge in [0.05, 0.1) is 11.1 Å². The third-order valence-corrected chi connectivity index (χ3v) is 5.83. The van der Waals surface area contributed by atoms with Crippen molar-refractivity contribution in [3.05, 3.63) is 74.9 Å². The normalized spacial score (nSPS) is 16.2. The summed E-state index contributed by atoms with van der Waals surface area (Å²) in [5.74, 6) is 0.167. The summed E-state index contributed by atoms with van der Waals surface area (Å²) in [6.45, 7) is 2.25. The molecule has 0 saturated carbocycles. The van der Waals surface area contributed by atoms with Crippen LogP contribution in [0.4, 0.5) is 0 Å². The van der Waals surface area contributed by atoms with E-state index in [2.05, 4.69) is 6.92 Å². The van der Waals surface area contributed by atoms with Gasteiger partial charge in [0.2, 0.25) is 0 Å². The maximum Gasteiger partial charge on any atom is 0.339 e. The van der Waals surface area contributed by atoms with Crippen LogP contribution in [0.2, 0.25) is 10.0 Å². The second-order valence-electron chi connectivity index (χ2n) is 7.05. The average molecular weight is 400 g/mol. The standard InChI is InChI=1S/C22H19Cl2NO2/c1-13-9-10-20-15(11-13)21(14-5-2-3-8-19(14)25-20)22(26)27-12-16-17(23)6-4-7-18(16)24/h2-8,13H,9-12H2,1H3/t13-/m1/s1. The number of aryl methyl sites for hydroxylation is 1. The summed E-state index contributed by atoms with van der Waals surface area (Å²) in [5.41, 5.74) is 4.10. The van der Waals surface area contributed by atoms with Crippen LogP contribution >= 0.6 is 23.2 Å². The van der Waals surface area contributed by atoms with E-state index < -0.39 is 0 Å². The Hall–Kier alpha value is -2.10. The highest BCUT2D eigenvalue weighted by Crippen LogP contribution is 2.32. The molecule has 0 saturated heterocycles. The average Bonchev–Trinajstić information content (AvgIpc) is 2.65. The van der Waals surface area contributed by atoms with Crippen molar-refractivity contribution < 1.29 is 9.53 Å². The molecule has 1 atom stereocenters. The molecule has 1 aliphatic carbocycles. The number of para-hydroxylation sites is 1. The highest BCUT2D eigenvalue weighted by molar-refractivity contribution is 6.36. The number of rotatable bonds is 3. The van der Waals surface area contributed by atoms with Crippen LogP contribution in [0.5, 0.6) is 0 Å². The fourth-order valence-corrected chi connectivity index (χ4v) is 4.18. The molecule has 27 heavy (non-hydrogen) atoms. The van der Waals surface area contributed by atoms with Gasteiger partial charge in [0.15, 0.2) is 0 Å². The van der Waals surface area contributed by atoms with Crippen molar-refractivity contribution in [1.82, 2.24) is 4.98 Å². The first-order valence-corrected chi connectivity index (χ1v) is 9.80. The number of fused-ring (bicyclic) bond motifs is 2. The molecule has 3 aromatic rings. The van der Waals surface area contributed by atoms with Gasteiger partial charge in [-0.25, -0.2) is 4.79 Å². The lowest BCUT2D eigenvalue weighted by molar-refractivity contribution is 0.0473. The minimum Gasteiger partial charge on any atom is -0.457 e. The Bertz CT molecular complexity index is 1010. The van der Waals surface area contributed by atoms with Gasteiger partial charge in [0.1, 0.15) is 6.61 Å². The Balaban J connectivity index is 1.74. The molecule has 138 valence electrons. The number of carbonyl (C=O) groups is 1. The summed E-state index contributed by atoms with van der Waals surface area (Å²) >= 11 is 12.4. The molecule has 0 unspecified atom stereocenters. The number of esters is 1. The quantitative estimate of drug-likeness (QED) is 0.505. The van der Waals surface area contributed by atoms with Gasteiger partial charge in [0, 0.05) is 26.7 Å². The highest BCUT2D eigenvalue weighted by Gasteiger charge is 2.26. The van der Waals surface area contributed by atoms with Crippen molar-refractivity contribution in [2.45, 2.75) is 32.8 Å². The Morgan fingerprint density at radius 2 is 1.89 bits per heavy atom. The zero-order valence-electron chi connectivity index (χ0n) is 15.0. The minimum atomic E-state index is -0.352. The van der Waals surface area contributed by atoms with Crippen molar-refractivity contribution in [3.63, 3.8) is 0 Å². The number of benzene rings is 2. The number of hydrogen-bond donors (Lipinski definition) is 0. The van der Waals surface area contributed by atoms with Crippen molar-refractivity contribution in [2.24, 2.45) is 5.92 Å². The SMILES string of the molecule is C[C@@H]1CCc2nc3ccccc3c(C(=O)OCc3c(Cl)cccc3Cl)c2C1. The predicted molar refractivity (Wildman–Crippen MR) is 109 cm³/mol. The molecule has 2 aromatic carbocycles. The number of pyridine rings is 1. The summed E-state index contributed by atoms with van der Waals surface area (Å²) in [6.07, 6.45) is 2.81. The zero-order chi connectivity index (χ0) is 19.0. The van der Waals surface area contributed by atoms with Crippen LogP contribution in [0.25, 0.3) is 10.9 Å². The molecule has 0 radical (unpaired) electrons. The maximum absolute atomic E-state index is 13.1. The van der Waals surface area contributed by atoms with Crippen molar-refractivity contribution in [3.8, 4) is 0 Å². The largest absolute Gasteiger partial charge is 0.457 e. The third-order valence-electron chi connectivity index (χ3n) is 5.12. The van der Waals surface area contributed by atoms with Gasteiger partial charge in [-0.3, -0.25) is 4.98 Å². The Kier molecular flexibility index (Phi) is 5.07. The van der Waals surface area contributed by atoms with Crippen LogP contribution in [0.3, 0.4) is 0 Å². The van der Waals surface area contributed by atoms with Gasteiger partial charge in [-0.2, -0.15) is 0 Å². The lowest BCUT2D eigenvalue weighted by Crippen LogP contribution is -2.19. The second kappa shape index (κ2) is 7.49. The van der Waals surface area contributed by atoms with E-state index in [4.69, 9.17) is 32.9 Å². The number of aromatic nitrogens is 1. The predicted octanol–water partition coefficient (Wildman–Crippen LogP) is 6.02. The molecule has 1 heterocycles. The molecule has 3 nitrogen and oxygen atoms in total. The summed E-state index contributed by atoms with van der Waals surface area (Å²) in [5, 5.41) is 1.82. The molecular weight excluding hydrogens is 381 g/mol. The lowest BCUT2D eigenvalue weighted by atomic mass is 9.84. The fourth-order valence-electron chi connectivity index (χ4n) is 3.68. The van der Waals surface area contributed by atoms with Gasteiger partial charge < -0.3 is 4.74 Å². The van der Waals surface area contributed by atoms with Crippen molar-refractivity contribution in [1.29, 1.82) is 0 Å². The second-order valence-corrected chi connectivity index (χ2v) is 7.87. The summed E-state index contributed by atoms with van der Waals surface area (Å²) in [6, 6.07) is 13.0. The molecule has 0 fully saturated rings. The smallest absolute Gasteiger partial charge is 0.339 e. The molecular formula is C22H19Cl2NO2. The third kappa shape index (κ3) is 3.54. The number of halogens is 2. The molecule has 0 bridgehead atoms. The van der Waals surface area contributed by atoms with Crippen LogP contribution in [0.1, 0.15) is 40.5 Å². The lowest BCUT2D eigenvalue weighted by Gasteiger charge is -2.24. The Labute approximate surface area is 168 Å². The molecule has 0 N–H and O–H groups in total. The zero-order valence-corrected chi connectivity index (χ0v) is 16.5. The van der Waals surface area contributed by atoms with Crippen LogP contribution in [-0.2, 0) is 24.2 Å². The first kappa shape index (κ1) is 18.3. The van der Waals surface area contributed by atoms with Crippen LogP contribution in [0.15, 0.2) is 42.5 Å².